The van der Waals surface area contributed by atoms with E-state index >= 15 is 4.39 Å². The van der Waals surface area contributed by atoms with Crippen LogP contribution in [0, 0.1) is 11.6 Å². The van der Waals surface area contributed by atoms with Crippen LogP contribution in [0.3, 0.4) is 0 Å². The zero-order chi connectivity index (χ0) is 24.6. The molecule has 0 radical (unpaired) electrons. The average molecular weight is 437 g/mol. The number of anilines is 1. The molecule has 0 spiro atoms. The molecule has 0 aliphatic carbocycles. The van der Waals surface area contributed by atoms with Crippen LogP contribution in [0.25, 0.3) is 11.1 Å². The molecule has 1 saturated heterocycles. The first-order valence-corrected chi connectivity index (χ1v) is 12.6. The summed E-state index contributed by atoms with van der Waals surface area (Å²) >= 11 is 0. The molecule has 2 heterocycles. The summed E-state index contributed by atoms with van der Waals surface area (Å²) in [6, 6.07) is 6.22. The summed E-state index contributed by atoms with van der Waals surface area (Å²) in [5.41, 5.74) is 1.46. The quantitative estimate of drug-likeness (QED) is 0.451. The van der Waals surface area contributed by atoms with Gasteiger partial charge in [-0.2, -0.15) is 0 Å². The number of aromatic nitrogens is 1. The third-order valence-corrected chi connectivity index (χ3v) is 10.3. The van der Waals surface area contributed by atoms with E-state index in [4.69, 9.17) is 8.54 Å². The van der Waals surface area contributed by atoms with Gasteiger partial charge in [-0.1, -0.05) is 44.1 Å². The van der Waals surface area contributed by atoms with Crippen LogP contribution in [0.5, 0.6) is 0 Å². The van der Waals surface area contributed by atoms with Crippen molar-refractivity contribution in [3.05, 3.63) is 47.7 Å². The Kier molecular flexibility index (Phi) is 5.18. The van der Waals surface area contributed by atoms with E-state index in [9.17, 15) is 4.39 Å². The maximum Gasteiger partial charge on any atom is 0.192 e. The van der Waals surface area contributed by atoms with Crippen LogP contribution in [0.2, 0.25) is 18.1 Å². The van der Waals surface area contributed by atoms with E-state index in [1.807, 2.05) is 0 Å². The molecule has 1 aromatic carbocycles. The number of nitrogens with zero attached hydrogens (tertiary/aromatic N) is 3. The number of halogens is 2. The molecular formula is C22H29F2N3O2Si. The van der Waals surface area contributed by atoms with Gasteiger partial charge in [0.05, 0.1) is 29.5 Å². The van der Waals surface area contributed by atoms with Gasteiger partial charge in [-0.3, -0.25) is 0 Å². The predicted octanol–water partition coefficient (Wildman–Crippen LogP) is 5.37. The molecule has 0 amide bonds. The van der Waals surface area contributed by atoms with Crippen molar-refractivity contribution in [2.45, 2.75) is 45.5 Å². The number of benzene rings is 1. The Balaban J connectivity index is 1.74. The highest BCUT2D eigenvalue weighted by Gasteiger charge is 2.37. The lowest BCUT2D eigenvalue weighted by Gasteiger charge is -2.36. The van der Waals surface area contributed by atoms with Gasteiger partial charge >= 0.3 is 0 Å². The van der Waals surface area contributed by atoms with Gasteiger partial charge in [0.2, 0.25) is 0 Å². The van der Waals surface area contributed by atoms with Crippen LogP contribution in [-0.2, 0) is 15.9 Å². The van der Waals surface area contributed by atoms with Crippen LogP contribution in [-0.4, -0.2) is 39.1 Å². The van der Waals surface area contributed by atoms with Crippen molar-refractivity contribution in [2.24, 2.45) is 5.16 Å². The first-order valence-electron chi connectivity index (χ1n) is 11.2. The molecule has 0 N–H and O–H groups in total. The normalized spacial score (nSPS) is 16.4. The van der Waals surface area contributed by atoms with Gasteiger partial charge in [0.15, 0.2) is 20.0 Å². The maximum atomic E-state index is 15.2. The van der Waals surface area contributed by atoms with Crippen LogP contribution < -0.4 is 4.90 Å². The Labute approximate surface area is 182 Å². The van der Waals surface area contributed by atoms with E-state index < -0.39 is 27.0 Å². The van der Waals surface area contributed by atoms with Crippen LogP contribution in [0.4, 0.5) is 14.6 Å². The highest BCUT2D eigenvalue weighted by atomic mass is 28.4. The van der Waals surface area contributed by atoms with E-state index in [0.29, 0.717) is 16.8 Å². The molecule has 1 aliphatic rings. The molecule has 0 saturated carbocycles. The molecule has 30 heavy (non-hydrogen) atoms. The molecule has 8 heteroatoms. The van der Waals surface area contributed by atoms with E-state index in [2.05, 4.69) is 48.8 Å². The number of oxime groups is 1. The van der Waals surface area contributed by atoms with Crippen molar-refractivity contribution in [2.75, 3.05) is 25.0 Å². The molecule has 5 nitrogen and oxygen atoms in total. The summed E-state index contributed by atoms with van der Waals surface area (Å²) in [5, 5.41) is 3.55. The number of hydrogen-bond donors (Lipinski definition) is 0. The van der Waals surface area contributed by atoms with Gasteiger partial charge in [-0.05, 0) is 24.2 Å². The average Bonchev–Trinajstić information content (AvgIpc) is 2.65. The van der Waals surface area contributed by atoms with E-state index in [-0.39, 0.29) is 36.1 Å². The molecule has 0 unspecified atom stereocenters. The Bertz CT molecular complexity index is 1050. The van der Waals surface area contributed by atoms with Crippen LogP contribution in [0.1, 0.15) is 30.4 Å². The first-order chi connectivity index (χ1) is 15.2. The van der Waals surface area contributed by atoms with Gasteiger partial charge in [-0.25, -0.2) is 13.8 Å². The lowest BCUT2D eigenvalue weighted by atomic mass is 10.0. The second-order valence-corrected chi connectivity index (χ2v) is 13.8. The second kappa shape index (κ2) is 8.43. The molecule has 162 valence electrons. The summed E-state index contributed by atoms with van der Waals surface area (Å²) < 4.78 is 57.1. The summed E-state index contributed by atoms with van der Waals surface area (Å²) in [6.45, 7) is 11.1. The van der Waals surface area contributed by atoms with Gasteiger partial charge < -0.3 is 14.2 Å². The Morgan fingerprint density at radius 2 is 2.00 bits per heavy atom. The second-order valence-electron chi connectivity index (χ2n) is 8.96. The van der Waals surface area contributed by atoms with Crippen molar-refractivity contribution in [1.82, 2.24) is 4.98 Å². The Hall–Kier alpha value is -2.32. The molecule has 1 fully saturated rings. The lowest BCUT2D eigenvalue weighted by Crippen LogP contribution is -2.48. The Morgan fingerprint density at radius 3 is 2.63 bits per heavy atom. The zero-order valence-electron chi connectivity index (χ0n) is 20.9. The third kappa shape index (κ3) is 4.54. The van der Waals surface area contributed by atoms with Gasteiger partial charge in [-0.15, -0.1) is 0 Å². The van der Waals surface area contributed by atoms with Gasteiger partial charge in [0.1, 0.15) is 12.9 Å². The molecule has 3 rings (SSSR count). The van der Waals surface area contributed by atoms with E-state index in [1.165, 1.54) is 12.3 Å². The van der Waals surface area contributed by atoms with Crippen molar-refractivity contribution in [3.63, 3.8) is 0 Å². The highest BCUT2D eigenvalue weighted by Crippen LogP contribution is 2.37. The number of rotatable bonds is 6. The van der Waals surface area contributed by atoms with Crippen molar-refractivity contribution < 1.29 is 22.2 Å². The molecule has 1 aromatic heterocycles. The summed E-state index contributed by atoms with van der Waals surface area (Å²) in [6.07, 6.45) is 1.42. The van der Waals surface area contributed by atoms with Crippen molar-refractivity contribution in [3.8, 4) is 11.1 Å². The lowest BCUT2D eigenvalue weighted by molar-refractivity contribution is 0.211. The third-order valence-electron chi connectivity index (χ3n) is 5.83. The smallest absolute Gasteiger partial charge is 0.192 e. The van der Waals surface area contributed by atoms with Crippen molar-refractivity contribution >= 4 is 19.8 Å². The van der Waals surface area contributed by atoms with E-state index in [1.54, 1.807) is 23.1 Å². The molecule has 0 bridgehead atoms. The fraction of sp³-hybridized carbons (Fsp3) is 0.455. The van der Waals surface area contributed by atoms with E-state index in [0.717, 1.165) is 0 Å². The predicted molar refractivity (Wildman–Crippen MR) is 118 cm³/mol. The minimum Gasteiger partial charge on any atom is -0.412 e. The molecule has 2 aromatic rings. The first kappa shape index (κ1) is 18.4. The molecule has 0 atom stereocenters. The summed E-state index contributed by atoms with van der Waals surface area (Å²) in [7, 11) is -4.67. The Morgan fingerprint density at radius 1 is 1.27 bits per heavy atom. The minimum atomic E-state index is -2.62. The summed E-state index contributed by atoms with van der Waals surface area (Å²) in [4.78, 5) is 10.2. The highest BCUT2D eigenvalue weighted by molar-refractivity contribution is 6.74. The SMILES string of the molecule is [2H]C([2H])([2H])ON=C1CN(c2ncc(-c3cccc(CO[Si](C)(C)C(C)(C)C)c3F)cc2F)C1. The monoisotopic (exact) mass is 436 g/mol. The topological polar surface area (TPSA) is 47.0 Å². The van der Waals surface area contributed by atoms with Crippen molar-refractivity contribution in [1.29, 1.82) is 0 Å². The number of hydrogen-bond acceptors (Lipinski definition) is 5. The van der Waals surface area contributed by atoms with Crippen LogP contribution >= 0.6 is 0 Å². The largest absolute Gasteiger partial charge is 0.412 e. The van der Waals surface area contributed by atoms with Crippen LogP contribution in [0.15, 0.2) is 35.6 Å². The minimum absolute atomic E-state index is 0.00423. The fourth-order valence-electron chi connectivity index (χ4n) is 2.87. The zero-order valence-corrected chi connectivity index (χ0v) is 18.9. The fourth-order valence-corrected chi connectivity index (χ4v) is 3.82. The molecular weight excluding hydrogens is 404 g/mol. The standard InChI is InChI=1S/C22H29F2N3O2Si/c1-22(2,3)30(5,6)29-14-15-8-7-9-18(20(15)24)16-10-19(23)21(25-11-16)27-12-17(13-27)26-28-4/h7-11H,12-14H2,1-6H3/i4D3. The summed E-state index contributed by atoms with van der Waals surface area (Å²) in [5.74, 6) is -0.972. The van der Waals surface area contributed by atoms with Gasteiger partial charge in [0.25, 0.3) is 0 Å². The maximum absolute atomic E-state index is 15.2. The van der Waals surface area contributed by atoms with Gasteiger partial charge in [0, 0.05) is 22.9 Å². The number of pyridine rings is 1. The molecule has 1 aliphatic heterocycles.